The molecule has 0 saturated carbocycles. The molecule has 0 spiro atoms. The van der Waals surface area contributed by atoms with Crippen molar-refractivity contribution in [1.82, 2.24) is 4.90 Å². The zero-order chi connectivity index (χ0) is 14.1. The van der Waals surface area contributed by atoms with E-state index < -0.39 is 0 Å². The van der Waals surface area contributed by atoms with Crippen molar-refractivity contribution in [2.24, 2.45) is 5.73 Å². The summed E-state index contributed by atoms with van der Waals surface area (Å²) in [6.45, 7) is 0.555. The smallest absolute Gasteiger partial charge is 0.293 e. The highest BCUT2D eigenvalue weighted by atomic mass is 32.2. The fourth-order valence-electron chi connectivity index (χ4n) is 2.07. The van der Waals surface area contributed by atoms with Gasteiger partial charge in [0.25, 0.3) is 11.1 Å². The van der Waals surface area contributed by atoms with Gasteiger partial charge < -0.3 is 5.73 Å². The number of thioether (sulfide) groups is 1. The minimum absolute atomic E-state index is 0.244. The van der Waals surface area contributed by atoms with Gasteiger partial charge in [0, 0.05) is 17.8 Å². The molecule has 1 saturated heterocycles. The zero-order valence-electron chi connectivity index (χ0n) is 10.5. The van der Waals surface area contributed by atoms with Gasteiger partial charge in [-0.3, -0.25) is 14.5 Å². The Morgan fingerprint density at radius 1 is 1.25 bits per heavy atom. The lowest BCUT2D eigenvalue weighted by atomic mass is 10.1. The summed E-state index contributed by atoms with van der Waals surface area (Å²) >= 11 is 2.60. The van der Waals surface area contributed by atoms with Crippen LogP contribution in [0.1, 0.15) is 5.56 Å². The first-order valence-electron chi connectivity index (χ1n) is 6.12. The second kappa shape index (κ2) is 5.40. The maximum absolute atomic E-state index is 12.1. The molecule has 1 aromatic carbocycles. The molecule has 1 aliphatic rings. The number of benzene rings is 1. The van der Waals surface area contributed by atoms with E-state index in [1.54, 1.807) is 17.4 Å². The molecule has 0 aliphatic carbocycles. The molecule has 0 unspecified atom stereocenters. The van der Waals surface area contributed by atoms with Gasteiger partial charge in [0.15, 0.2) is 0 Å². The third-order valence-electron chi connectivity index (χ3n) is 3.02. The number of carbonyl (C=O) groups excluding carboxylic acids is 2. The van der Waals surface area contributed by atoms with Gasteiger partial charge in [-0.1, -0.05) is 18.2 Å². The highest BCUT2D eigenvalue weighted by molar-refractivity contribution is 8.18. The van der Waals surface area contributed by atoms with Gasteiger partial charge in [-0.15, -0.1) is 11.3 Å². The van der Waals surface area contributed by atoms with E-state index in [9.17, 15) is 9.59 Å². The molecule has 1 fully saturated rings. The molecule has 2 heterocycles. The number of amides is 2. The number of nitrogens with zero attached hydrogens (tertiary/aromatic N) is 1. The molecule has 0 radical (unpaired) electrons. The molecule has 4 nitrogen and oxygen atoms in total. The molecule has 0 atom stereocenters. The first-order valence-corrected chi connectivity index (χ1v) is 7.82. The normalized spacial score (nSPS) is 17.6. The molecule has 3 rings (SSSR count). The minimum atomic E-state index is -0.249. The Morgan fingerprint density at radius 2 is 2.05 bits per heavy atom. The van der Waals surface area contributed by atoms with Gasteiger partial charge in [-0.05, 0) is 40.2 Å². The fourth-order valence-corrected chi connectivity index (χ4v) is 3.85. The van der Waals surface area contributed by atoms with Crippen molar-refractivity contribution >= 4 is 50.4 Å². The maximum atomic E-state index is 12.1. The summed E-state index contributed by atoms with van der Waals surface area (Å²) in [7, 11) is 0. The molecule has 1 aromatic heterocycles. The monoisotopic (exact) mass is 304 g/mol. The van der Waals surface area contributed by atoms with Crippen molar-refractivity contribution in [2.75, 3.05) is 13.1 Å². The van der Waals surface area contributed by atoms with Gasteiger partial charge in [0.1, 0.15) is 0 Å². The number of imide groups is 1. The summed E-state index contributed by atoms with van der Waals surface area (Å²) in [5.74, 6) is -0.249. The quantitative estimate of drug-likeness (QED) is 0.886. The van der Waals surface area contributed by atoms with Crippen molar-refractivity contribution in [3.8, 4) is 0 Å². The second-order valence-electron chi connectivity index (χ2n) is 4.31. The van der Waals surface area contributed by atoms with Crippen molar-refractivity contribution in [2.45, 2.75) is 0 Å². The Hall–Kier alpha value is -1.63. The van der Waals surface area contributed by atoms with Crippen LogP contribution < -0.4 is 5.73 Å². The summed E-state index contributed by atoms with van der Waals surface area (Å²) < 4.78 is 1.17. The van der Waals surface area contributed by atoms with E-state index in [1.807, 2.05) is 29.6 Å². The first-order chi connectivity index (χ1) is 9.70. The van der Waals surface area contributed by atoms with Crippen LogP contribution in [0.15, 0.2) is 34.6 Å². The van der Waals surface area contributed by atoms with Gasteiger partial charge in [0.05, 0.1) is 4.91 Å². The largest absolute Gasteiger partial charge is 0.329 e. The van der Waals surface area contributed by atoms with E-state index in [4.69, 9.17) is 5.73 Å². The molecular formula is C14H12N2O2S2. The van der Waals surface area contributed by atoms with Gasteiger partial charge in [-0.2, -0.15) is 0 Å². The van der Waals surface area contributed by atoms with E-state index in [2.05, 4.69) is 0 Å². The first kappa shape index (κ1) is 13.4. The average Bonchev–Trinajstić information content (AvgIpc) is 2.97. The SMILES string of the molecule is NCCN1C(=O)SC(=Cc2csc3ccccc23)C1=O. The molecule has 6 heteroatoms. The highest BCUT2D eigenvalue weighted by Gasteiger charge is 2.34. The lowest BCUT2D eigenvalue weighted by Crippen LogP contribution is -2.33. The molecule has 0 bridgehead atoms. The van der Waals surface area contributed by atoms with Gasteiger partial charge in [-0.25, -0.2) is 0 Å². The Balaban J connectivity index is 1.97. The molecular weight excluding hydrogens is 292 g/mol. The van der Waals surface area contributed by atoms with E-state index in [0.717, 1.165) is 22.7 Å². The number of hydrogen-bond donors (Lipinski definition) is 1. The number of nitrogens with two attached hydrogens (primary N) is 1. The topological polar surface area (TPSA) is 63.4 Å². The summed E-state index contributed by atoms with van der Waals surface area (Å²) in [5.41, 5.74) is 6.39. The van der Waals surface area contributed by atoms with E-state index in [1.165, 1.54) is 9.60 Å². The Morgan fingerprint density at radius 3 is 2.85 bits per heavy atom. The summed E-state index contributed by atoms with van der Waals surface area (Å²) in [6, 6.07) is 8.00. The third-order valence-corrected chi connectivity index (χ3v) is 4.91. The van der Waals surface area contributed by atoms with E-state index >= 15 is 0 Å². The number of carbonyl (C=O) groups is 2. The number of rotatable bonds is 3. The molecule has 2 aromatic rings. The second-order valence-corrected chi connectivity index (χ2v) is 6.21. The predicted octanol–water partition coefficient (Wildman–Crippen LogP) is 2.90. The summed E-state index contributed by atoms with van der Waals surface area (Å²) in [6.07, 6.45) is 1.79. The number of hydrogen-bond acceptors (Lipinski definition) is 5. The van der Waals surface area contributed by atoms with Crippen molar-refractivity contribution in [3.63, 3.8) is 0 Å². The van der Waals surface area contributed by atoms with Crippen LogP contribution in [0.2, 0.25) is 0 Å². The number of thiophene rings is 1. The van der Waals surface area contributed by atoms with Crippen LogP contribution in [0.25, 0.3) is 16.2 Å². The summed E-state index contributed by atoms with van der Waals surface area (Å²) in [5, 5.41) is 2.86. The molecule has 20 heavy (non-hydrogen) atoms. The molecule has 1 aliphatic heterocycles. The maximum Gasteiger partial charge on any atom is 0.293 e. The Labute approximate surface area is 124 Å². The number of fused-ring (bicyclic) bond motifs is 1. The van der Waals surface area contributed by atoms with Crippen LogP contribution in [-0.2, 0) is 4.79 Å². The van der Waals surface area contributed by atoms with Crippen LogP contribution in [0, 0.1) is 0 Å². The average molecular weight is 304 g/mol. The van der Waals surface area contributed by atoms with Crippen molar-refractivity contribution in [1.29, 1.82) is 0 Å². The van der Waals surface area contributed by atoms with Crippen LogP contribution in [-0.4, -0.2) is 29.1 Å². The van der Waals surface area contributed by atoms with Crippen molar-refractivity contribution in [3.05, 3.63) is 40.1 Å². The molecule has 2 amide bonds. The van der Waals surface area contributed by atoms with Crippen LogP contribution >= 0.6 is 23.1 Å². The van der Waals surface area contributed by atoms with Crippen LogP contribution in [0.3, 0.4) is 0 Å². The van der Waals surface area contributed by atoms with Crippen LogP contribution in [0.4, 0.5) is 4.79 Å². The molecule has 2 N–H and O–H groups in total. The zero-order valence-corrected chi connectivity index (χ0v) is 12.2. The van der Waals surface area contributed by atoms with Gasteiger partial charge in [0.2, 0.25) is 0 Å². The fraction of sp³-hybridized carbons (Fsp3) is 0.143. The third kappa shape index (κ3) is 2.26. The Kier molecular flexibility index (Phi) is 3.60. The minimum Gasteiger partial charge on any atom is -0.329 e. The lowest BCUT2D eigenvalue weighted by molar-refractivity contribution is -0.122. The van der Waals surface area contributed by atoms with E-state index in [0.29, 0.717) is 4.91 Å². The van der Waals surface area contributed by atoms with Crippen LogP contribution in [0.5, 0.6) is 0 Å². The predicted molar refractivity (Wildman–Crippen MR) is 83.6 cm³/mol. The van der Waals surface area contributed by atoms with E-state index in [-0.39, 0.29) is 24.2 Å². The van der Waals surface area contributed by atoms with Gasteiger partial charge >= 0.3 is 0 Å². The molecule has 102 valence electrons. The highest BCUT2D eigenvalue weighted by Crippen LogP contribution is 2.34. The Bertz CT molecular complexity index is 721. The lowest BCUT2D eigenvalue weighted by Gasteiger charge is -2.09. The van der Waals surface area contributed by atoms with Crippen molar-refractivity contribution < 1.29 is 9.59 Å². The standard InChI is InChI=1S/C14H12N2O2S2/c15-5-6-16-13(17)12(20-14(16)18)7-9-8-19-11-4-2-1-3-10(9)11/h1-4,7-8H,5-6,15H2. The summed E-state index contributed by atoms with van der Waals surface area (Å²) in [4.78, 5) is 25.5.